The molecule has 0 aliphatic carbocycles. The third-order valence-corrected chi connectivity index (χ3v) is 8.01. The van der Waals surface area contributed by atoms with Crippen LogP contribution in [0.5, 0.6) is 0 Å². The lowest BCUT2D eigenvalue weighted by atomic mass is 10.1. The van der Waals surface area contributed by atoms with Crippen molar-refractivity contribution in [1.82, 2.24) is 5.32 Å². The molecule has 0 saturated carbocycles. The van der Waals surface area contributed by atoms with Crippen LogP contribution in [0.3, 0.4) is 0 Å². The van der Waals surface area contributed by atoms with Gasteiger partial charge in [0, 0.05) is 6.42 Å². The average molecular weight is 610 g/mol. The number of aliphatic hydroxyl groups excluding tert-OH is 1. The largest absolute Gasteiger partial charge is 0.387 e. The predicted octanol–water partition coefficient (Wildman–Crippen LogP) is 9.18. The highest BCUT2D eigenvalue weighted by molar-refractivity contribution is 7.85. The molecule has 0 heterocycles. The van der Waals surface area contributed by atoms with E-state index < -0.39 is 28.0 Å². The maximum absolute atomic E-state index is 12.4. The monoisotopic (exact) mass is 609 g/mol. The lowest BCUT2D eigenvalue weighted by Crippen LogP contribution is -2.46. The molecule has 0 bridgehead atoms. The summed E-state index contributed by atoms with van der Waals surface area (Å²) >= 11 is 0. The number of carbonyl (C=O) groups is 1. The highest BCUT2D eigenvalue weighted by Gasteiger charge is 2.24. The molecule has 0 spiro atoms. The Labute approximate surface area is 259 Å². The van der Waals surface area contributed by atoms with Crippen molar-refractivity contribution >= 4 is 16.0 Å². The zero-order valence-electron chi connectivity index (χ0n) is 26.9. The van der Waals surface area contributed by atoms with Crippen molar-refractivity contribution in [3.05, 3.63) is 48.6 Å². The van der Waals surface area contributed by atoms with E-state index in [0.717, 1.165) is 51.4 Å². The second-order valence-corrected chi connectivity index (χ2v) is 12.9. The smallest absolute Gasteiger partial charge is 0.267 e. The van der Waals surface area contributed by atoms with E-state index in [0.29, 0.717) is 6.42 Å². The third kappa shape index (κ3) is 29.8. The molecule has 3 N–H and O–H groups in total. The summed E-state index contributed by atoms with van der Waals surface area (Å²) in [5.41, 5.74) is 0. The number of unbranched alkanes of at least 4 members (excludes halogenated alkanes) is 15. The van der Waals surface area contributed by atoms with Crippen LogP contribution < -0.4 is 5.32 Å². The normalized spacial score (nSPS) is 14.1. The average Bonchev–Trinajstić information content (AvgIpc) is 2.94. The van der Waals surface area contributed by atoms with Gasteiger partial charge in [-0.1, -0.05) is 127 Å². The van der Waals surface area contributed by atoms with Gasteiger partial charge in [0.05, 0.1) is 17.9 Å². The molecule has 0 fully saturated rings. The van der Waals surface area contributed by atoms with Gasteiger partial charge in [0.1, 0.15) is 0 Å². The van der Waals surface area contributed by atoms with Crippen LogP contribution in [0, 0.1) is 0 Å². The van der Waals surface area contributed by atoms with E-state index in [1.165, 1.54) is 76.7 Å². The molecule has 0 aromatic heterocycles. The molecular weight excluding hydrogens is 546 g/mol. The summed E-state index contributed by atoms with van der Waals surface area (Å²) in [7, 11) is -4.34. The summed E-state index contributed by atoms with van der Waals surface area (Å²) in [5.74, 6) is -1.02. The fourth-order valence-corrected chi connectivity index (χ4v) is 5.40. The molecule has 0 aliphatic rings. The molecule has 1 amide bonds. The highest BCUT2D eigenvalue weighted by atomic mass is 32.2. The van der Waals surface area contributed by atoms with Crippen LogP contribution in [-0.4, -0.2) is 41.9 Å². The van der Waals surface area contributed by atoms with Crippen molar-refractivity contribution in [3.8, 4) is 0 Å². The summed E-state index contributed by atoms with van der Waals surface area (Å²) < 4.78 is 32.2. The van der Waals surface area contributed by atoms with E-state index in [9.17, 15) is 22.9 Å². The van der Waals surface area contributed by atoms with Gasteiger partial charge in [0.25, 0.3) is 10.1 Å². The summed E-state index contributed by atoms with van der Waals surface area (Å²) in [6.07, 6.45) is 38.2. The van der Waals surface area contributed by atoms with Crippen molar-refractivity contribution in [2.24, 2.45) is 0 Å². The van der Waals surface area contributed by atoms with E-state index >= 15 is 0 Å². The van der Waals surface area contributed by atoms with Gasteiger partial charge in [-0.25, -0.2) is 0 Å². The lowest BCUT2D eigenvalue weighted by Gasteiger charge is -2.21. The number of hydrogen-bond acceptors (Lipinski definition) is 4. The van der Waals surface area contributed by atoms with Crippen molar-refractivity contribution in [2.45, 2.75) is 161 Å². The Morgan fingerprint density at radius 1 is 0.643 bits per heavy atom. The second kappa shape index (κ2) is 29.4. The van der Waals surface area contributed by atoms with Crippen molar-refractivity contribution in [1.29, 1.82) is 0 Å². The fraction of sp³-hybridized carbons (Fsp3) is 0.743. The van der Waals surface area contributed by atoms with Gasteiger partial charge in [-0.3, -0.25) is 9.35 Å². The van der Waals surface area contributed by atoms with Gasteiger partial charge in [-0.2, -0.15) is 8.42 Å². The van der Waals surface area contributed by atoms with Crippen molar-refractivity contribution < 1.29 is 22.9 Å². The number of amides is 1. The van der Waals surface area contributed by atoms with E-state index in [2.05, 4.69) is 55.6 Å². The van der Waals surface area contributed by atoms with Gasteiger partial charge in [0.2, 0.25) is 5.91 Å². The Balaban J connectivity index is 4.02. The van der Waals surface area contributed by atoms with Crippen molar-refractivity contribution in [3.63, 3.8) is 0 Å². The highest BCUT2D eigenvalue weighted by Crippen LogP contribution is 2.11. The zero-order valence-corrected chi connectivity index (χ0v) is 27.7. The Morgan fingerprint density at radius 2 is 1.10 bits per heavy atom. The summed E-state index contributed by atoms with van der Waals surface area (Å²) in [6.45, 7) is 4.42. The topological polar surface area (TPSA) is 104 Å². The number of nitrogens with one attached hydrogen (secondary N) is 1. The molecule has 7 heteroatoms. The summed E-state index contributed by atoms with van der Waals surface area (Å²) in [5, 5.41) is 13.1. The summed E-state index contributed by atoms with van der Waals surface area (Å²) in [4.78, 5) is 12.4. The molecule has 244 valence electrons. The van der Waals surface area contributed by atoms with E-state index in [1.54, 1.807) is 6.08 Å². The van der Waals surface area contributed by atoms with E-state index in [4.69, 9.17) is 0 Å². The van der Waals surface area contributed by atoms with Crippen LogP contribution >= 0.6 is 0 Å². The van der Waals surface area contributed by atoms with Crippen LogP contribution in [0.4, 0.5) is 0 Å². The Bertz CT molecular complexity index is 847. The molecule has 0 aromatic rings. The van der Waals surface area contributed by atoms with E-state index in [1.807, 2.05) is 0 Å². The Morgan fingerprint density at radius 3 is 1.69 bits per heavy atom. The molecule has 0 rings (SSSR count). The minimum atomic E-state index is -4.34. The van der Waals surface area contributed by atoms with Gasteiger partial charge >= 0.3 is 0 Å². The minimum Gasteiger partial charge on any atom is -0.387 e. The van der Waals surface area contributed by atoms with Crippen LogP contribution in [0.1, 0.15) is 149 Å². The van der Waals surface area contributed by atoms with Crippen LogP contribution in [0.15, 0.2) is 48.6 Å². The first-order valence-corrected chi connectivity index (χ1v) is 18.4. The Hall–Kier alpha value is -1.70. The van der Waals surface area contributed by atoms with Gasteiger partial charge < -0.3 is 10.4 Å². The molecule has 0 aromatic carbocycles. The number of aliphatic hydroxyl groups is 1. The maximum Gasteiger partial charge on any atom is 0.267 e. The Kier molecular flexibility index (Phi) is 28.2. The molecule has 0 aliphatic heterocycles. The van der Waals surface area contributed by atoms with Crippen molar-refractivity contribution in [2.75, 3.05) is 5.75 Å². The molecule has 6 nitrogen and oxygen atoms in total. The van der Waals surface area contributed by atoms with Gasteiger partial charge in [-0.15, -0.1) is 0 Å². The summed E-state index contributed by atoms with van der Waals surface area (Å²) in [6, 6.07) is -1.08. The molecule has 2 unspecified atom stereocenters. The minimum absolute atomic E-state index is 0.277. The standard InChI is InChI=1S/C35H63NO5S/c1-3-5-7-9-11-13-14-15-16-17-18-19-20-21-23-25-27-29-31-35(38)36-33(32-42(39,40)41)34(37)30-28-26-24-22-12-10-8-6-4-2/h12-14,16-17,22,28,30,33-34,37H,3-11,15,18-21,23-27,29,31-32H2,1-2H3,(H,36,38)(H,39,40,41)/b14-13-,17-16-,22-12+,30-28+. The molecule has 0 saturated heterocycles. The first kappa shape index (κ1) is 40.3. The SMILES string of the molecule is CCCCC/C=C/CC/C=C/C(O)C(CS(=O)(=O)O)NC(=O)CCCCCCCCC/C=C\C/C=C\CCCCCC. The number of hydrogen-bond donors (Lipinski definition) is 3. The van der Waals surface area contributed by atoms with E-state index in [-0.39, 0.29) is 12.3 Å². The maximum atomic E-state index is 12.4. The first-order valence-electron chi connectivity index (χ1n) is 16.8. The molecule has 0 radical (unpaired) electrons. The van der Waals surface area contributed by atoms with Gasteiger partial charge in [-0.05, 0) is 64.2 Å². The van der Waals surface area contributed by atoms with Crippen LogP contribution in [-0.2, 0) is 14.9 Å². The lowest BCUT2D eigenvalue weighted by molar-refractivity contribution is -0.122. The van der Waals surface area contributed by atoms with Crippen LogP contribution in [0.2, 0.25) is 0 Å². The molecule has 2 atom stereocenters. The first-order chi connectivity index (χ1) is 20.3. The number of carbonyl (C=O) groups excluding carboxylic acids is 1. The van der Waals surface area contributed by atoms with Crippen LogP contribution in [0.25, 0.3) is 0 Å². The van der Waals surface area contributed by atoms with Gasteiger partial charge in [0.15, 0.2) is 0 Å². The predicted molar refractivity (Wildman–Crippen MR) is 179 cm³/mol. The quantitative estimate of drug-likeness (QED) is 0.0446. The number of rotatable bonds is 29. The molecule has 42 heavy (non-hydrogen) atoms. The fourth-order valence-electron chi connectivity index (χ4n) is 4.67. The number of allylic oxidation sites excluding steroid dienone is 7. The second-order valence-electron chi connectivity index (χ2n) is 11.4. The molecular formula is C35H63NO5S. The third-order valence-electron chi connectivity index (χ3n) is 7.23. The zero-order chi connectivity index (χ0) is 31.2.